The number of hydrogen-bond acceptors (Lipinski definition) is 3. The van der Waals surface area contributed by atoms with E-state index in [1.165, 1.54) is 11.1 Å². The van der Waals surface area contributed by atoms with Crippen LogP contribution in [0.4, 0.5) is 0 Å². The van der Waals surface area contributed by atoms with Gasteiger partial charge in [0.05, 0.1) is 6.54 Å². The van der Waals surface area contributed by atoms with E-state index in [0.717, 1.165) is 51.5 Å². The molecule has 1 heterocycles. The summed E-state index contributed by atoms with van der Waals surface area (Å²) in [6, 6.07) is 8.72. The average molecular weight is 388 g/mol. The number of hydrogen-bond donors (Lipinski definition) is 2. The fourth-order valence-electron chi connectivity index (χ4n) is 3.55. The number of rotatable bonds is 8. The van der Waals surface area contributed by atoms with Gasteiger partial charge in [0.25, 0.3) is 0 Å². The summed E-state index contributed by atoms with van der Waals surface area (Å²) in [6.45, 7) is 9.74. The zero-order valence-electron chi connectivity index (χ0n) is 18.0. The van der Waals surface area contributed by atoms with E-state index >= 15 is 0 Å². The molecule has 0 spiro atoms. The lowest BCUT2D eigenvalue weighted by Gasteiger charge is -2.34. The fourth-order valence-corrected chi connectivity index (χ4v) is 3.55. The van der Waals surface area contributed by atoms with Crippen LogP contribution in [-0.2, 0) is 17.9 Å². The molecule has 1 aliphatic heterocycles. The van der Waals surface area contributed by atoms with Gasteiger partial charge in [0.1, 0.15) is 0 Å². The van der Waals surface area contributed by atoms with E-state index in [4.69, 9.17) is 4.99 Å². The van der Waals surface area contributed by atoms with Crippen molar-refractivity contribution in [3.63, 3.8) is 0 Å². The van der Waals surface area contributed by atoms with E-state index in [9.17, 15) is 4.79 Å². The Morgan fingerprint density at radius 2 is 1.96 bits per heavy atom. The van der Waals surface area contributed by atoms with Crippen LogP contribution in [0.5, 0.6) is 0 Å². The normalized spacial score (nSPS) is 15.8. The van der Waals surface area contributed by atoms with E-state index in [1.807, 2.05) is 0 Å². The van der Waals surface area contributed by atoms with Crippen molar-refractivity contribution in [3.05, 3.63) is 35.4 Å². The summed E-state index contributed by atoms with van der Waals surface area (Å²) in [4.78, 5) is 21.1. The lowest BCUT2D eigenvalue weighted by molar-refractivity contribution is -0.121. The third-order valence-electron chi connectivity index (χ3n) is 5.40. The van der Waals surface area contributed by atoms with E-state index < -0.39 is 0 Å². The molecule has 0 atom stereocenters. The summed E-state index contributed by atoms with van der Waals surface area (Å²) in [7, 11) is 3.85. The number of nitrogens with zero attached hydrogens (tertiary/aromatic N) is 3. The van der Waals surface area contributed by atoms with Gasteiger partial charge in [0.2, 0.25) is 5.91 Å². The average Bonchev–Trinajstić information content (AvgIpc) is 2.72. The molecule has 6 nitrogen and oxygen atoms in total. The second kappa shape index (κ2) is 11.7. The van der Waals surface area contributed by atoms with Crippen molar-refractivity contribution in [1.29, 1.82) is 0 Å². The minimum Gasteiger partial charge on any atom is -0.359 e. The maximum Gasteiger partial charge on any atom is 0.220 e. The standard InChI is InChI=1S/C22H37N5O/c1-5-24-22(27-12-10-18(11-13-27)15-21(28)23-3)25-16-19-8-7-9-20(14-19)17-26(4)6-2/h7-9,14,18H,5-6,10-13,15-17H2,1-4H3,(H,23,28)(H,24,25). The van der Waals surface area contributed by atoms with Gasteiger partial charge in [-0.1, -0.05) is 31.2 Å². The van der Waals surface area contributed by atoms with Crippen molar-refractivity contribution >= 4 is 11.9 Å². The van der Waals surface area contributed by atoms with Gasteiger partial charge in [-0.3, -0.25) is 4.79 Å². The molecular formula is C22H37N5O. The van der Waals surface area contributed by atoms with Crippen LogP contribution < -0.4 is 10.6 Å². The van der Waals surface area contributed by atoms with Crippen LogP contribution in [0.25, 0.3) is 0 Å². The minimum absolute atomic E-state index is 0.146. The molecule has 2 rings (SSSR count). The summed E-state index contributed by atoms with van der Waals surface area (Å²) in [5.74, 6) is 1.61. The molecule has 1 saturated heterocycles. The van der Waals surface area contributed by atoms with Gasteiger partial charge in [-0.2, -0.15) is 0 Å². The summed E-state index contributed by atoms with van der Waals surface area (Å²) in [5, 5.41) is 6.17. The summed E-state index contributed by atoms with van der Waals surface area (Å²) >= 11 is 0. The molecule has 0 unspecified atom stereocenters. The first-order valence-corrected chi connectivity index (χ1v) is 10.6. The molecule has 0 bridgehead atoms. The molecule has 0 aromatic heterocycles. The number of likely N-dealkylation sites (tertiary alicyclic amines) is 1. The number of amides is 1. The van der Waals surface area contributed by atoms with Crippen molar-refractivity contribution < 1.29 is 4.79 Å². The van der Waals surface area contributed by atoms with Crippen LogP contribution in [0.2, 0.25) is 0 Å². The predicted molar refractivity (Wildman–Crippen MR) is 116 cm³/mol. The number of piperidine rings is 1. The van der Waals surface area contributed by atoms with Gasteiger partial charge < -0.3 is 20.4 Å². The van der Waals surface area contributed by atoms with Gasteiger partial charge in [-0.05, 0) is 50.4 Å². The molecule has 0 aliphatic carbocycles. The van der Waals surface area contributed by atoms with Crippen LogP contribution in [0.15, 0.2) is 29.3 Å². The molecule has 1 fully saturated rings. The first-order valence-electron chi connectivity index (χ1n) is 10.6. The SMILES string of the molecule is CCNC(=NCc1cccc(CN(C)CC)c1)N1CCC(CC(=O)NC)CC1. The molecule has 1 aromatic carbocycles. The van der Waals surface area contributed by atoms with Gasteiger partial charge in [-0.15, -0.1) is 0 Å². The first kappa shape index (κ1) is 22.2. The molecule has 156 valence electrons. The molecule has 1 aromatic rings. The topological polar surface area (TPSA) is 60.0 Å². The third-order valence-corrected chi connectivity index (χ3v) is 5.40. The lowest BCUT2D eigenvalue weighted by atomic mass is 9.93. The molecular weight excluding hydrogens is 350 g/mol. The summed E-state index contributed by atoms with van der Waals surface area (Å²) in [6.07, 6.45) is 2.71. The number of carbonyl (C=O) groups excluding carboxylic acids is 1. The predicted octanol–water partition coefficient (Wildman–Crippen LogP) is 2.45. The monoisotopic (exact) mass is 387 g/mol. The molecule has 28 heavy (non-hydrogen) atoms. The summed E-state index contributed by atoms with van der Waals surface area (Å²) in [5.41, 5.74) is 2.57. The Balaban J connectivity index is 1.95. The van der Waals surface area contributed by atoms with E-state index in [2.05, 4.69) is 65.6 Å². The Labute approximate surface area is 170 Å². The third kappa shape index (κ3) is 7.15. The molecule has 1 aliphatic rings. The highest BCUT2D eigenvalue weighted by Crippen LogP contribution is 2.20. The quantitative estimate of drug-likeness (QED) is 0.531. The first-order chi connectivity index (χ1) is 13.5. The molecule has 6 heteroatoms. The fraction of sp³-hybridized carbons (Fsp3) is 0.636. The van der Waals surface area contributed by atoms with Crippen LogP contribution in [0, 0.1) is 5.92 Å². The van der Waals surface area contributed by atoms with E-state index in [-0.39, 0.29) is 5.91 Å². The highest BCUT2D eigenvalue weighted by Gasteiger charge is 2.23. The van der Waals surface area contributed by atoms with Crippen molar-refractivity contribution in [3.8, 4) is 0 Å². The van der Waals surface area contributed by atoms with Crippen LogP contribution in [0.1, 0.15) is 44.2 Å². The highest BCUT2D eigenvalue weighted by molar-refractivity contribution is 5.80. The summed E-state index contributed by atoms with van der Waals surface area (Å²) < 4.78 is 0. The number of benzene rings is 1. The Hall–Kier alpha value is -2.08. The Bertz CT molecular complexity index is 638. The van der Waals surface area contributed by atoms with Crippen LogP contribution in [-0.4, -0.2) is 61.9 Å². The van der Waals surface area contributed by atoms with Gasteiger partial charge in [0, 0.05) is 39.6 Å². The Kier molecular flexibility index (Phi) is 9.28. The lowest BCUT2D eigenvalue weighted by Crippen LogP contribution is -2.46. The number of nitrogens with one attached hydrogen (secondary N) is 2. The molecule has 2 N–H and O–H groups in total. The number of guanidine groups is 1. The van der Waals surface area contributed by atoms with E-state index in [0.29, 0.717) is 18.9 Å². The molecule has 0 saturated carbocycles. The van der Waals surface area contributed by atoms with Crippen molar-refractivity contribution in [2.24, 2.45) is 10.9 Å². The van der Waals surface area contributed by atoms with Crippen LogP contribution in [0.3, 0.4) is 0 Å². The van der Waals surface area contributed by atoms with Crippen molar-refractivity contribution in [1.82, 2.24) is 20.4 Å². The van der Waals surface area contributed by atoms with Crippen molar-refractivity contribution in [2.75, 3.05) is 40.3 Å². The largest absolute Gasteiger partial charge is 0.359 e. The maximum atomic E-state index is 11.6. The second-order valence-corrected chi connectivity index (χ2v) is 7.63. The van der Waals surface area contributed by atoms with E-state index in [1.54, 1.807) is 7.05 Å². The second-order valence-electron chi connectivity index (χ2n) is 7.63. The van der Waals surface area contributed by atoms with Gasteiger partial charge >= 0.3 is 0 Å². The number of carbonyl (C=O) groups is 1. The zero-order chi connectivity index (χ0) is 20.4. The maximum absolute atomic E-state index is 11.6. The minimum atomic E-state index is 0.146. The Morgan fingerprint density at radius 1 is 1.25 bits per heavy atom. The van der Waals surface area contributed by atoms with Gasteiger partial charge in [0.15, 0.2) is 5.96 Å². The molecule has 1 amide bonds. The molecule has 0 radical (unpaired) electrons. The van der Waals surface area contributed by atoms with Gasteiger partial charge in [-0.25, -0.2) is 4.99 Å². The highest BCUT2D eigenvalue weighted by atomic mass is 16.1. The zero-order valence-corrected chi connectivity index (χ0v) is 18.0. The smallest absolute Gasteiger partial charge is 0.220 e. The van der Waals surface area contributed by atoms with Crippen molar-refractivity contribution in [2.45, 2.75) is 46.2 Å². The van der Waals surface area contributed by atoms with Crippen LogP contribution >= 0.6 is 0 Å². The Morgan fingerprint density at radius 3 is 2.61 bits per heavy atom. The number of aliphatic imine (C=N–C) groups is 1.